The van der Waals surface area contributed by atoms with E-state index < -0.39 is 56.8 Å². The van der Waals surface area contributed by atoms with E-state index >= 15 is 0 Å². The molecule has 2 saturated carbocycles. The summed E-state index contributed by atoms with van der Waals surface area (Å²) in [5.41, 5.74) is -1.81. The van der Waals surface area contributed by atoms with Crippen LogP contribution in [-0.2, 0) is 34.0 Å². The van der Waals surface area contributed by atoms with Gasteiger partial charge in [0.2, 0.25) is 15.8 Å². The van der Waals surface area contributed by atoms with E-state index in [1.807, 2.05) is 13.0 Å². The first-order chi connectivity index (χ1) is 16.2. The number of hydroxylamine groups is 1. The number of esters is 1. The van der Waals surface area contributed by atoms with E-state index in [0.717, 1.165) is 16.3 Å². The summed E-state index contributed by atoms with van der Waals surface area (Å²) in [4.78, 5) is 43.4. The second-order valence-electron chi connectivity index (χ2n) is 11.4. The van der Waals surface area contributed by atoms with E-state index in [-0.39, 0.29) is 36.5 Å². The van der Waals surface area contributed by atoms with Crippen LogP contribution in [0.25, 0.3) is 0 Å². The zero-order chi connectivity index (χ0) is 25.6. The normalized spacial score (nSPS) is 44.7. The zero-order valence-electron chi connectivity index (χ0n) is 20.5. The van der Waals surface area contributed by atoms with Gasteiger partial charge in [-0.2, -0.15) is 0 Å². The lowest BCUT2D eigenvalue weighted by molar-refractivity contribution is -0.224. The molecule has 0 aromatic heterocycles. The van der Waals surface area contributed by atoms with Gasteiger partial charge in [-0.1, -0.05) is 36.0 Å². The molecule has 1 N–H and O–H groups in total. The third kappa shape index (κ3) is 3.36. The summed E-state index contributed by atoms with van der Waals surface area (Å²) >= 11 is 0. The number of Topliss-reactive ketones (excluding diaryl/α,β-unsaturated/α-hetero) is 1. The van der Waals surface area contributed by atoms with Crippen LogP contribution in [-0.4, -0.2) is 66.6 Å². The summed E-state index contributed by atoms with van der Waals surface area (Å²) in [6.45, 7) is 4.73. The number of allylic oxidation sites excluding steroid dienone is 4. The summed E-state index contributed by atoms with van der Waals surface area (Å²) < 4.78 is 30.7. The van der Waals surface area contributed by atoms with E-state index in [4.69, 9.17) is 9.57 Å². The molecule has 0 amide bonds. The lowest BCUT2D eigenvalue weighted by atomic mass is 9.47. The molecule has 192 valence electrons. The van der Waals surface area contributed by atoms with Crippen molar-refractivity contribution < 1.29 is 37.5 Å². The van der Waals surface area contributed by atoms with Crippen LogP contribution < -0.4 is 0 Å². The molecule has 0 aromatic carbocycles. The maximum Gasteiger partial charge on any atom is 0.303 e. The van der Waals surface area contributed by atoms with Gasteiger partial charge >= 0.3 is 5.97 Å². The summed E-state index contributed by atoms with van der Waals surface area (Å²) in [7, 11) is -3.74. The van der Waals surface area contributed by atoms with Crippen LogP contribution in [0.1, 0.15) is 46.5 Å². The largest absolute Gasteiger partial charge is 0.458 e. The van der Waals surface area contributed by atoms with Gasteiger partial charge in [0, 0.05) is 42.6 Å². The fraction of sp³-hybridized carbons (Fsp3) is 0.720. The number of hydrogen-bond donors (Lipinski definition) is 1. The molecule has 0 bridgehead atoms. The van der Waals surface area contributed by atoms with Crippen molar-refractivity contribution in [3.8, 4) is 0 Å². The summed E-state index contributed by atoms with van der Waals surface area (Å²) in [6.07, 6.45) is 7.72. The van der Waals surface area contributed by atoms with E-state index in [0.29, 0.717) is 19.3 Å². The number of carbonyl (C=O) groups is 3. The summed E-state index contributed by atoms with van der Waals surface area (Å²) in [5, 5.41) is 11.6. The Kier molecular flexibility index (Phi) is 5.53. The average molecular weight is 508 g/mol. The van der Waals surface area contributed by atoms with Crippen LogP contribution in [0.15, 0.2) is 23.8 Å². The highest BCUT2D eigenvalue weighted by atomic mass is 32.2. The molecule has 8 atom stereocenters. The molecule has 0 aromatic rings. The number of hydrogen-bond acceptors (Lipinski definition) is 8. The van der Waals surface area contributed by atoms with Gasteiger partial charge in [0.05, 0.1) is 12.4 Å². The van der Waals surface area contributed by atoms with E-state index in [2.05, 4.69) is 13.0 Å². The highest BCUT2D eigenvalue weighted by molar-refractivity contribution is 7.88. The quantitative estimate of drug-likeness (QED) is 0.449. The van der Waals surface area contributed by atoms with Gasteiger partial charge in [0.1, 0.15) is 0 Å². The standard InChI is InChI=1S/C25H33NO8S/c1-14(27)33-13-21(30)25-16(12-26(34-25)35(4,31)32)10-19-18-6-5-15-9-17(28)7-8-23(15,2)22(18)20(29)11-24(19,25)3/h5,7-8,16,18-20,22,29H,6,9-13H2,1-4H3/t16-,18-,19-,20-,22+,23-,24-,25-/m0/s1. The fourth-order valence-electron chi connectivity index (χ4n) is 8.22. The fourth-order valence-corrected chi connectivity index (χ4v) is 8.92. The molecular formula is C25H33NO8S. The van der Waals surface area contributed by atoms with Crippen LogP contribution >= 0.6 is 0 Å². The molecule has 0 radical (unpaired) electrons. The van der Waals surface area contributed by atoms with Crippen LogP contribution in [0.4, 0.5) is 0 Å². The molecule has 1 aliphatic heterocycles. The molecule has 3 fully saturated rings. The average Bonchev–Trinajstić information content (AvgIpc) is 3.26. The first kappa shape index (κ1) is 24.8. The van der Waals surface area contributed by atoms with Crippen LogP contribution in [0.2, 0.25) is 0 Å². The van der Waals surface area contributed by atoms with Gasteiger partial charge in [-0.3, -0.25) is 19.2 Å². The Morgan fingerprint density at radius 1 is 1.31 bits per heavy atom. The van der Waals surface area contributed by atoms with Crippen molar-refractivity contribution in [3.63, 3.8) is 0 Å². The Hall–Kier alpha value is -1.88. The number of ketones is 2. The molecule has 1 saturated heterocycles. The van der Waals surface area contributed by atoms with Gasteiger partial charge in [0.25, 0.3) is 0 Å². The van der Waals surface area contributed by atoms with Crippen molar-refractivity contribution in [2.24, 2.45) is 34.5 Å². The lowest BCUT2D eigenvalue weighted by Gasteiger charge is -2.59. The van der Waals surface area contributed by atoms with Gasteiger partial charge < -0.3 is 9.84 Å². The van der Waals surface area contributed by atoms with E-state index in [1.165, 1.54) is 6.92 Å². The predicted molar refractivity (Wildman–Crippen MR) is 124 cm³/mol. The third-order valence-electron chi connectivity index (χ3n) is 9.61. The zero-order valence-corrected chi connectivity index (χ0v) is 21.3. The number of rotatable bonds is 4. The van der Waals surface area contributed by atoms with Gasteiger partial charge in [-0.15, -0.1) is 0 Å². The monoisotopic (exact) mass is 507 g/mol. The number of ether oxygens (including phenoxy) is 1. The molecule has 35 heavy (non-hydrogen) atoms. The van der Waals surface area contributed by atoms with Crippen molar-refractivity contribution in [1.29, 1.82) is 0 Å². The van der Waals surface area contributed by atoms with Crippen molar-refractivity contribution in [1.82, 2.24) is 4.47 Å². The number of nitrogens with zero attached hydrogens (tertiary/aromatic N) is 1. The second-order valence-corrected chi connectivity index (χ2v) is 13.3. The Balaban J connectivity index is 1.57. The van der Waals surface area contributed by atoms with Crippen molar-refractivity contribution in [2.75, 3.05) is 19.4 Å². The number of fused-ring (bicyclic) bond motifs is 7. The molecular weight excluding hydrogens is 474 g/mol. The van der Waals surface area contributed by atoms with Gasteiger partial charge in [-0.05, 0) is 37.2 Å². The topological polar surface area (TPSA) is 127 Å². The predicted octanol–water partition coefficient (Wildman–Crippen LogP) is 1.57. The van der Waals surface area contributed by atoms with Gasteiger partial charge in [0.15, 0.2) is 18.0 Å². The van der Waals surface area contributed by atoms with E-state index in [1.54, 1.807) is 6.08 Å². The van der Waals surface area contributed by atoms with Crippen molar-refractivity contribution in [2.45, 2.75) is 58.2 Å². The van der Waals surface area contributed by atoms with Crippen LogP contribution in [0.3, 0.4) is 0 Å². The molecule has 1 heterocycles. The first-order valence-corrected chi connectivity index (χ1v) is 14.0. The second kappa shape index (κ2) is 7.81. The minimum Gasteiger partial charge on any atom is -0.458 e. The van der Waals surface area contributed by atoms with E-state index in [9.17, 15) is 27.9 Å². The van der Waals surface area contributed by atoms with Crippen LogP contribution in [0, 0.1) is 34.5 Å². The minimum absolute atomic E-state index is 0.0228. The Bertz CT molecular complexity index is 1160. The maximum atomic E-state index is 13.7. The highest BCUT2D eigenvalue weighted by Gasteiger charge is 2.75. The summed E-state index contributed by atoms with van der Waals surface area (Å²) in [6, 6.07) is 0. The molecule has 9 nitrogen and oxygen atoms in total. The lowest BCUT2D eigenvalue weighted by Crippen LogP contribution is -2.63. The third-order valence-corrected chi connectivity index (χ3v) is 10.6. The smallest absolute Gasteiger partial charge is 0.303 e. The molecule has 4 aliphatic carbocycles. The van der Waals surface area contributed by atoms with Crippen molar-refractivity contribution >= 4 is 27.6 Å². The highest BCUT2D eigenvalue weighted by Crippen LogP contribution is 2.70. The molecule has 5 rings (SSSR count). The number of sulfonamides is 1. The Labute approximate surface area is 205 Å². The number of carbonyl (C=O) groups excluding carboxylic acids is 3. The number of aliphatic hydroxyl groups is 1. The van der Waals surface area contributed by atoms with Crippen molar-refractivity contribution in [3.05, 3.63) is 23.8 Å². The molecule has 5 aliphatic rings. The number of aliphatic hydroxyl groups excluding tert-OH is 1. The van der Waals surface area contributed by atoms with Crippen LogP contribution in [0.5, 0.6) is 0 Å². The Morgan fingerprint density at radius 2 is 2.03 bits per heavy atom. The van der Waals surface area contributed by atoms with Gasteiger partial charge in [-0.25, -0.2) is 8.42 Å². The maximum absolute atomic E-state index is 13.7. The molecule has 0 spiro atoms. The Morgan fingerprint density at radius 3 is 2.69 bits per heavy atom. The summed E-state index contributed by atoms with van der Waals surface area (Å²) in [5.74, 6) is -1.58. The molecule has 0 unspecified atom stereocenters. The molecule has 10 heteroatoms. The minimum atomic E-state index is -3.74. The SMILES string of the molecule is CC(=O)OCC(=O)[C@@]12ON(S(C)(=O)=O)C[C@@H]1C[C@H]1[C@@H]3CC=C4CC(=O)C=C[C@]4(C)[C@H]3[C@@H](O)C[C@@]12C. The first-order valence-electron chi connectivity index (χ1n) is 12.2.